The number of carbonyl (C=O) groups excluding carboxylic acids is 1. The highest BCUT2D eigenvalue weighted by molar-refractivity contribution is 5.86. The van der Waals surface area contributed by atoms with E-state index >= 15 is 0 Å². The Kier molecular flexibility index (Phi) is 1.33. The minimum atomic E-state index is -0.0752. The summed E-state index contributed by atoms with van der Waals surface area (Å²) < 4.78 is 0. The lowest BCUT2D eigenvalue weighted by Crippen LogP contribution is -2.02. The SMILES string of the molecule is O=C1[C]=C(O)CCC1. The van der Waals surface area contributed by atoms with E-state index in [0.717, 1.165) is 6.42 Å². The summed E-state index contributed by atoms with van der Waals surface area (Å²) in [5.74, 6) is 0.0370. The highest BCUT2D eigenvalue weighted by Crippen LogP contribution is 2.10. The van der Waals surface area contributed by atoms with Crippen LogP contribution in [-0.4, -0.2) is 10.9 Å². The first-order valence-electron chi connectivity index (χ1n) is 2.63. The Morgan fingerprint density at radius 2 is 2.25 bits per heavy atom. The molecule has 0 fully saturated rings. The van der Waals surface area contributed by atoms with Crippen molar-refractivity contribution in [1.82, 2.24) is 0 Å². The molecular weight excluding hydrogens is 104 g/mol. The Labute approximate surface area is 47.8 Å². The summed E-state index contributed by atoms with van der Waals surface area (Å²) in [6, 6.07) is 0. The molecule has 0 heterocycles. The molecular formula is C6H7O2. The first-order valence-corrected chi connectivity index (χ1v) is 2.63. The summed E-state index contributed by atoms with van der Waals surface area (Å²) in [6.07, 6.45) is 4.25. The molecule has 0 aromatic carbocycles. The molecule has 1 aliphatic rings. The van der Waals surface area contributed by atoms with Gasteiger partial charge in [-0.3, -0.25) is 4.79 Å². The molecule has 2 heteroatoms. The van der Waals surface area contributed by atoms with Crippen LogP contribution in [0.15, 0.2) is 5.76 Å². The van der Waals surface area contributed by atoms with Crippen LogP contribution < -0.4 is 0 Å². The Hall–Kier alpha value is -0.790. The molecule has 0 saturated carbocycles. The van der Waals surface area contributed by atoms with Gasteiger partial charge >= 0.3 is 0 Å². The number of hydrogen-bond acceptors (Lipinski definition) is 2. The van der Waals surface area contributed by atoms with Crippen molar-refractivity contribution in [3.05, 3.63) is 11.8 Å². The van der Waals surface area contributed by atoms with E-state index in [1.54, 1.807) is 0 Å². The molecule has 0 aliphatic heterocycles. The van der Waals surface area contributed by atoms with E-state index < -0.39 is 0 Å². The number of Topliss-reactive ketones (excluding diaryl/α,β-unsaturated/α-hetero) is 1. The summed E-state index contributed by atoms with van der Waals surface area (Å²) in [7, 11) is 0. The molecule has 1 N–H and O–H groups in total. The quantitative estimate of drug-likeness (QED) is 0.506. The lowest BCUT2D eigenvalue weighted by atomic mass is 10.1. The van der Waals surface area contributed by atoms with Gasteiger partial charge in [0.1, 0.15) is 5.76 Å². The van der Waals surface area contributed by atoms with Gasteiger partial charge in [-0.1, -0.05) is 0 Å². The maximum Gasteiger partial charge on any atom is 0.167 e. The van der Waals surface area contributed by atoms with E-state index in [9.17, 15) is 4.79 Å². The second-order valence-corrected chi connectivity index (χ2v) is 1.85. The molecule has 1 rings (SSSR count). The number of ketones is 1. The van der Waals surface area contributed by atoms with Crippen molar-refractivity contribution >= 4 is 5.78 Å². The largest absolute Gasteiger partial charge is 0.512 e. The van der Waals surface area contributed by atoms with E-state index in [0.29, 0.717) is 12.8 Å². The Morgan fingerprint density at radius 1 is 1.50 bits per heavy atom. The topological polar surface area (TPSA) is 37.3 Å². The van der Waals surface area contributed by atoms with Crippen LogP contribution in [-0.2, 0) is 4.79 Å². The van der Waals surface area contributed by atoms with Gasteiger partial charge < -0.3 is 5.11 Å². The summed E-state index contributed by atoms with van der Waals surface area (Å²) >= 11 is 0. The van der Waals surface area contributed by atoms with Crippen molar-refractivity contribution < 1.29 is 9.90 Å². The van der Waals surface area contributed by atoms with Crippen LogP contribution >= 0.6 is 0 Å². The fraction of sp³-hybridized carbons (Fsp3) is 0.500. The van der Waals surface area contributed by atoms with Crippen LogP contribution in [0, 0.1) is 6.08 Å². The van der Waals surface area contributed by atoms with Crippen LogP contribution in [0.1, 0.15) is 19.3 Å². The van der Waals surface area contributed by atoms with E-state index in [1.165, 1.54) is 0 Å². The van der Waals surface area contributed by atoms with Crippen LogP contribution in [0.2, 0.25) is 0 Å². The first kappa shape index (κ1) is 5.35. The van der Waals surface area contributed by atoms with Crippen LogP contribution in [0.25, 0.3) is 0 Å². The molecule has 8 heavy (non-hydrogen) atoms. The number of aliphatic hydroxyl groups is 1. The van der Waals surface area contributed by atoms with Crippen molar-refractivity contribution in [2.45, 2.75) is 19.3 Å². The summed E-state index contributed by atoms with van der Waals surface area (Å²) in [4.78, 5) is 10.4. The van der Waals surface area contributed by atoms with E-state index in [-0.39, 0.29) is 11.5 Å². The average molecular weight is 111 g/mol. The lowest BCUT2D eigenvalue weighted by molar-refractivity contribution is -0.115. The third-order valence-corrected chi connectivity index (χ3v) is 1.10. The molecule has 0 amide bonds. The van der Waals surface area contributed by atoms with Gasteiger partial charge in [0.15, 0.2) is 5.78 Å². The molecule has 1 radical (unpaired) electrons. The van der Waals surface area contributed by atoms with Gasteiger partial charge in [-0.05, 0) is 6.42 Å². The average Bonchev–Trinajstić information content (AvgIpc) is 1.64. The zero-order valence-electron chi connectivity index (χ0n) is 4.48. The molecule has 0 aromatic heterocycles. The monoisotopic (exact) mass is 111 g/mol. The van der Waals surface area contributed by atoms with Crippen LogP contribution in [0.3, 0.4) is 0 Å². The van der Waals surface area contributed by atoms with Crippen molar-refractivity contribution in [2.24, 2.45) is 0 Å². The minimum Gasteiger partial charge on any atom is -0.512 e. The minimum absolute atomic E-state index is 0.0752. The first-order chi connectivity index (χ1) is 3.79. The standard InChI is InChI=1S/C6H7O2/c7-5-2-1-3-6(8)4-5/h7H,1-3H2. The number of carbonyl (C=O) groups is 1. The summed E-state index contributed by atoms with van der Waals surface area (Å²) in [5.41, 5.74) is 0. The molecule has 0 saturated heterocycles. The summed E-state index contributed by atoms with van der Waals surface area (Å²) in [6.45, 7) is 0. The zero-order valence-corrected chi connectivity index (χ0v) is 4.48. The van der Waals surface area contributed by atoms with Crippen LogP contribution in [0.5, 0.6) is 0 Å². The molecule has 0 spiro atoms. The highest BCUT2D eigenvalue weighted by Gasteiger charge is 2.07. The second kappa shape index (κ2) is 1.99. The number of rotatable bonds is 0. The molecule has 0 atom stereocenters. The van der Waals surface area contributed by atoms with Gasteiger partial charge in [0.2, 0.25) is 0 Å². The molecule has 0 aromatic rings. The Balaban J connectivity index is 2.64. The van der Waals surface area contributed by atoms with Crippen molar-refractivity contribution in [3.8, 4) is 0 Å². The van der Waals surface area contributed by atoms with E-state index in [1.807, 2.05) is 0 Å². The normalized spacial score (nSPS) is 20.5. The molecule has 1 aliphatic carbocycles. The van der Waals surface area contributed by atoms with E-state index in [4.69, 9.17) is 5.11 Å². The Bertz CT molecular complexity index is 135. The van der Waals surface area contributed by atoms with Gasteiger partial charge in [0.25, 0.3) is 0 Å². The maximum atomic E-state index is 10.4. The molecule has 0 unspecified atom stereocenters. The molecule has 0 bridgehead atoms. The maximum absolute atomic E-state index is 10.4. The van der Waals surface area contributed by atoms with Crippen LogP contribution in [0.4, 0.5) is 0 Å². The fourth-order valence-corrected chi connectivity index (χ4v) is 0.702. The highest BCUT2D eigenvalue weighted by atomic mass is 16.3. The van der Waals surface area contributed by atoms with Gasteiger partial charge in [0, 0.05) is 12.8 Å². The van der Waals surface area contributed by atoms with Crippen molar-refractivity contribution in [1.29, 1.82) is 0 Å². The fourth-order valence-electron chi connectivity index (χ4n) is 0.702. The molecule has 2 nitrogen and oxygen atoms in total. The van der Waals surface area contributed by atoms with Gasteiger partial charge in [-0.15, -0.1) is 0 Å². The Morgan fingerprint density at radius 3 is 2.62 bits per heavy atom. The second-order valence-electron chi connectivity index (χ2n) is 1.85. The lowest BCUT2D eigenvalue weighted by Gasteiger charge is -2.02. The van der Waals surface area contributed by atoms with Gasteiger partial charge in [-0.25, -0.2) is 0 Å². The smallest absolute Gasteiger partial charge is 0.167 e. The van der Waals surface area contributed by atoms with Gasteiger partial charge in [0.05, 0.1) is 6.08 Å². The summed E-state index contributed by atoms with van der Waals surface area (Å²) in [5, 5.41) is 8.66. The van der Waals surface area contributed by atoms with Crippen molar-refractivity contribution in [2.75, 3.05) is 0 Å². The van der Waals surface area contributed by atoms with Crippen molar-refractivity contribution in [3.63, 3.8) is 0 Å². The third kappa shape index (κ3) is 1.09. The predicted molar refractivity (Wildman–Crippen MR) is 28.2 cm³/mol. The van der Waals surface area contributed by atoms with Gasteiger partial charge in [-0.2, -0.15) is 0 Å². The third-order valence-electron chi connectivity index (χ3n) is 1.10. The number of aliphatic hydroxyl groups excluding tert-OH is 1. The molecule has 43 valence electrons. The zero-order chi connectivity index (χ0) is 5.98. The number of allylic oxidation sites excluding steroid dienone is 2. The predicted octanol–water partition coefficient (Wildman–Crippen LogP) is 0.984. The number of hydrogen-bond donors (Lipinski definition) is 1. The van der Waals surface area contributed by atoms with E-state index in [2.05, 4.69) is 6.08 Å².